The summed E-state index contributed by atoms with van der Waals surface area (Å²) >= 11 is 0. The average molecular weight is 368 g/mol. The smallest absolute Gasteiger partial charge is 0.335 e. The van der Waals surface area contributed by atoms with Gasteiger partial charge in [-0.25, -0.2) is 18.9 Å². The van der Waals surface area contributed by atoms with Crippen molar-refractivity contribution in [3.8, 4) is 0 Å². The van der Waals surface area contributed by atoms with Crippen LogP contribution in [0, 0.1) is 5.82 Å². The molecule has 7 nitrogen and oxygen atoms in total. The standard InChI is InChI=1S/C19H17FN4O3/c1-2-24-17-13(9-21-24)12(8-16(22-17)10-3-4-10)18(25)23-15-6-5-11(19(26)27)7-14(15)20/h5-10H,2-4H2,1H3,(H,23,25)(H,26,27). The lowest BCUT2D eigenvalue weighted by Crippen LogP contribution is -2.15. The number of carboxylic acid groups (broad SMARTS) is 1. The summed E-state index contributed by atoms with van der Waals surface area (Å²) in [4.78, 5) is 28.4. The Morgan fingerprint density at radius 1 is 1.33 bits per heavy atom. The highest BCUT2D eigenvalue weighted by molar-refractivity contribution is 6.12. The van der Waals surface area contributed by atoms with Crippen LogP contribution in [0.5, 0.6) is 0 Å². The number of nitrogens with one attached hydrogen (secondary N) is 1. The topological polar surface area (TPSA) is 97.1 Å². The molecule has 1 fully saturated rings. The van der Waals surface area contributed by atoms with Crippen molar-refractivity contribution in [3.05, 3.63) is 53.1 Å². The number of halogens is 1. The number of carbonyl (C=O) groups excluding carboxylic acids is 1. The highest BCUT2D eigenvalue weighted by Crippen LogP contribution is 2.40. The maximum atomic E-state index is 14.2. The summed E-state index contributed by atoms with van der Waals surface area (Å²) in [5.74, 6) is -2.18. The van der Waals surface area contributed by atoms with Gasteiger partial charge in [-0.05, 0) is 44.0 Å². The maximum absolute atomic E-state index is 14.2. The van der Waals surface area contributed by atoms with Crippen molar-refractivity contribution in [1.82, 2.24) is 14.8 Å². The normalized spacial score (nSPS) is 13.7. The van der Waals surface area contributed by atoms with Gasteiger partial charge in [-0.3, -0.25) is 4.79 Å². The van der Waals surface area contributed by atoms with E-state index in [-0.39, 0.29) is 11.3 Å². The van der Waals surface area contributed by atoms with Gasteiger partial charge in [0.1, 0.15) is 5.82 Å². The molecule has 2 N–H and O–H groups in total. The molecule has 1 aliphatic rings. The predicted molar refractivity (Wildman–Crippen MR) is 96.5 cm³/mol. The van der Waals surface area contributed by atoms with Gasteiger partial charge in [-0.15, -0.1) is 0 Å². The average Bonchev–Trinajstić information content (AvgIpc) is 3.42. The van der Waals surface area contributed by atoms with Gasteiger partial charge in [0.15, 0.2) is 5.65 Å². The third-order valence-corrected chi connectivity index (χ3v) is 4.63. The summed E-state index contributed by atoms with van der Waals surface area (Å²) in [5.41, 5.74) is 1.59. The lowest BCUT2D eigenvalue weighted by Gasteiger charge is -2.10. The van der Waals surface area contributed by atoms with Crippen LogP contribution in [0.25, 0.3) is 11.0 Å². The molecule has 0 radical (unpaired) electrons. The van der Waals surface area contributed by atoms with Gasteiger partial charge in [-0.1, -0.05) is 0 Å². The number of fused-ring (bicyclic) bond motifs is 1. The summed E-state index contributed by atoms with van der Waals surface area (Å²) in [6.45, 7) is 2.56. The van der Waals surface area contributed by atoms with Gasteiger partial charge in [0.25, 0.3) is 5.91 Å². The summed E-state index contributed by atoms with van der Waals surface area (Å²) < 4.78 is 15.9. The summed E-state index contributed by atoms with van der Waals surface area (Å²) in [6, 6.07) is 5.10. The second-order valence-corrected chi connectivity index (χ2v) is 6.52. The molecule has 8 heteroatoms. The first-order chi connectivity index (χ1) is 13.0. The van der Waals surface area contributed by atoms with Gasteiger partial charge in [0.05, 0.1) is 28.4 Å². The van der Waals surface area contributed by atoms with Gasteiger partial charge < -0.3 is 10.4 Å². The first-order valence-corrected chi connectivity index (χ1v) is 8.68. The number of pyridine rings is 1. The van der Waals surface area contributed by atoms with Crippen LogP contribution in [0.15, 0.2) is 30.5 Å². The highest BCUT2D eigenvalue weighted by atomic mass is 19.1. The van der Waals surface area contributed by atoms with Crippen LogP contribution < -0.4 is 5.32 Å². The third kappa shape index (κ3) is 3.14. The Balaban J connectivity index is 1.72. The zero-order chi connectivity index (χ0) is 19.1. The fraction of sp³-hybridized carbons (Fsp3) is 0.263. The van der Waals surface area contributed by atoms with Gasteiger partial charge in [0, 0.05) is 18.2 Å². The second kappa shape index (κ2) is 6.46. The van der Waals surface area contributed by atoms with Crippen LogP contribution in [0.4, 0.5) is 10.1 Å². The first kappa shape index (κ1) is 17.1. The van der Waals surface area contributed by atoms with Gasteiger partial charge >= 0.3 is 5.97 Å². The minimum Gasteiger partial charge on any atom is -0.478 e. The number of nitrogens with zero attached hydrogens (tertiary/aromatic N) is 3. The second-order valence-electron chi connectivity index (χ2n) is 6.52. The Morgan fingerprint density at radius 2 is 2.11 bits per heavy atom. The Bertz CT molecular complexity index is 1070. The van der Waals surface area contributed by atoms with E-state index in [0.717, 1.165) is 24.6 Å². The lowest BCUT2D eigenvalue weighted by molar-refractivity contribution is 0.0696. The molecule has 0 atom stereocenters. The quantitative estimate of drug-likeness (QED) is 0.719. The van der Waals surface area contributed by atoms with Gasteiger partial charge in [0.2, 0.25) is 0 Å². The number of aromatic nitrogens is 3. The summed E-state index contributed by atoms with van der Waals surface area (Å²) in [5, 5.41) is 16.3. The van der Waals surface area contributed by atoms with Crippen molar-refractivity contribution in [1.29, 1.82) is 0 Å². The number of anilines is 1. The van der Waals surface area contributed by atoms with E-state index in [9.17, 15) is 14.0 Å². The van der Waals surface area contributed by atoms with E-state index < -0.39 is 17.7 Å². The van der Waals surface area contributed by atoms with Crippen LogP contribution in [-0.4, -0.2) is 31.7 Å². The molecule has 0 bridgehead atoms. The van der Waals surface area contributed by atoms with E-state index in [0.29, 0.717) is 29.1 Å². The van der Waals surface area contributed by atoms with Crippen LogP contribution in [0.1, 0.15) is 52.1 Å². The molecule has 0 spiro atoms. The molecule has 1 aromatic carbocycles. The molecule has 1 aliphatic carbocycles. The minimum absolute atomic E-state index is 0.0779. The van der Waals surface area contributed by atoms with Crippen molar-refractivity contribution >= 4 is 28.6 Å². The van der Waals surface area contributed by atoms with E-state index in [1.54, 1.807) is 16.9 Å². The molecular weight excluding hydrogens is 351 g/mol. The van der Waals surface area contributed by atoms with E-state index in [1.807, 2.05) is 6.92 Å². The molecule has 0 unspecified atom stereocenters. The van der Waals surface area contributed by atoms with E-state index in [1.165, 1.54) is 12.1 Å². The number of amides is 1. The predicted octanol–water partition coefficient (Wildman–Crippen LogP) is 3.42. The molecule has 3 aromatic rings. The number of carbonyl (C=O) groups is 2. The lowest BCUT2D eigenvalue weighted by atomic mass is 10.1. The number of carboxylic acids is 1. The number of hydrogen-bond acceptors (Lipinski definition) is 4. The Kier molecular flexibility index (Phi) is 4.10. The molecule has 2 heterocycles. The zero-order valence-electron chi connectivity index (χ0n) is 14.6. The molecule has 27 heavy (non-hydrogen) atoms. The zero-order valence-corrected chi connectivity index (χ0v) is 14.6. The van der Waals surface area contributed by atoms with Crippen LogP contribution >= 0.6 is 0 Å². The van der Waals surface area contributed by atoms with Crippen molar-refractivity contribution < 1.29 is 19.1 Å². The van der Waals surface area contributed by atoms with Crippen molar-refractivity contribution in [2.24, 2.45) is 0 Å². The largest absolute Gasteiger partial charge is 0.478 e. The van der Waals surface area contributed by atoms with Crippen LogP contribution in [-0.2, 0) is 6.54 Å². The number of aryl methyl sites for hydroxylation is 1. The highest BCUT2D eigenvalue weighted by Gasteiger charge is 2.28. The van der Waals surface area contributed by atoms with Crippen LogP contribution in [0.3, 0.4) is 0 Å². The Labute approximate surface area is 153 Å². The monoisotopic (exact) mass is 368 g/mol. The minimum atomic E-state index is -1.23. The molecule has 1 amide bonds. The third-order valence-electron chi connectivity index (χ3n) is 4.63. The van der Waals surface area contributed by atoms with E-state index in [4.69, 9.17) is 5.11 Å². The molecule has 1 saturated carbocycles. The fourth-order valence-electron chi connectivity index (χ4n) is 3.01. The van der Waals surface area contributed by atoms with Crippen LogP contribution in [0.2, 0.25) is 0 Å². The summed E-state index contributed by atoms with van der Waals surface area (Å²) in [6.07, 6.45) is 3.65. The maximum Gasteiger partial charge on any atom is 0.335 e. The van der Waals surface area contributed by atoms with Crippen molar-refractivity contribution in [2.75, 3.05) is 5.32 Å². The molecule has 0 aliphatic heterocycles. The molecule has 138 valence electrons. The fourth-order valence-corrected chi connectivity index (χ4v) is 3.01. The summed E-state index contributed by atoms with van der Waals surface area (Å²) in [7, 11) is 0. The Hall–Kier alpha value is -3.29. The number of hydrogen-bond donors (Lipinski definition) is 2. The first-order valence-electron chi connectivity index (χ1n) is 8.68. The number of benzene rings is 1. The number of rotatable bonds is 5. The van der Waals surface area contributed by atoms with E-state index >= 15 is 0 Å². The van der Waals surface area contributed by atoms with E-state index in [2.05, 4.69) is 15.4 Å². The number of aromatic carboxylic acids is 1. The van der Waals surface area contributed by atoms with Crippen molar-refractivity contribution in [2.45, 2.75) is 32.2 Å². The molecule has 2 aromatic heterocycles. The Morgan fingerprint density at radius 3 is 2.74 bits per heavy atom. The SMILES string of the molecule is CCn1ncc2c(C(=O)Nc3ccc(C(=O)O)cc3F)cc(C3CC3)nc21. The molecular formula is C19H17FN4O3. The van der Waals surface area contributed by atoms with Gasteiger partial charge in [-0.2, -0.15) is 5.10 Å². The van der Waals surface area contributed by atoms with Crippen molar-refractivity contribution in [3.63, 3.8) is 0 Å². The molecule has 0 saturated heterocycles. The molecule has 4 rings (SSSR count).